The lowest BCUT2D eigenvalue weighted by atomic mass is 9.74. The number of methoxy groups -OCH3 is 1. The van der Waals surface area contributed by atoms with Crippen LogP contribution in [0.1, 0.15) is 56.2 Å². The number of allylic oxidation sites excluding steroid dienone is 1. The van der Waals surface area contributed by atoms with Gasteiger partial charge in [-0.05, 0) is 85.5 Å². The van der Waals surface area contributed by atoms with Crippen LogP contribution in [0.4, 0.5) is 0 Å². The number of carbonyl (C=O) groups excluding carboxylic acids is 1. The fraction of sp³-hybridized carbons (Fsp3) is 0.400. The van der Waals surface area contributed by atoms with Crippen molar-refractivity contribution in [1.29, 1.82) is 0 Å². The maximum Gasteiger partial charge on any atom is 0.229 e. The van der Waals surface area contributed by atoms with E-state index in [1.165, 1.54) is 0 Å². The van der Waals surface area contributed by atoms with Crippen molar-refractivity contribution < 1.29 is 13.7 Å². The highest BCUT2D eigenvalue weighted by Gasteiger charge is 2.49. The highest BCUT2D eigenvalue weighted by molar-refractivity contribution is 7.81. The van der Waals surface area contributed by atoms with Crippen molar-refractivity contribution in [1.82, 2.24) is 9.21 Å². The fourth-order valence-corrected chi connectivity index (χ4v) is 6.82. The molecular formula is C35H42Cl2N2O3S. The normalized spacial score (nSPS) is 21.5. The van der Waals surface area contributed by atoms with Crippen LogP contribution < -0.4 is 4.74 Å². The van der Waals surface area contributed by atoms with Crippen molar-refractivity contribution in [3.05, 3.63) is 113 Å². The number of ether oxygens (including phenoxy) is 1. The number of amides is 1. The van der Waals surface area contributed by atoms with Gasteiger partial charge in [0.25, 0.3) is 0 Å². The van der Waals surface area contributed by atoms with Crippen LogP contribution in [0.5, 0.6) is 5.75 Å². The molecule has 5 nitrogen and oxygen atoms in total. The lowest BCUT2D eigenvalue weighted by molar-refractivity contribution is -0.153. The van der Waals surface area contributed by atoms with Crippen LogP contribution in [-0.4, -0.2) is 45.3 Å². The van der Waals surface area contributed by atoms with Gasteiger partial charge in [0.05, 0.1) is 29.6 Å². The van der Waals surface area contributed by atoms with Crippen LogP contribution in [0.15, 0.2) is 91.5 Å². The quantitative estimate of drug-likeness (QED) is 0.197. The summed E-state index contributed by atoms with van der Waals surface area (Å²) < 4.78 is 20.3. The third-order valence-electron chi connectivity index (χ3n) is 8.41. The predicted molar refractivity (Wildman–Crippen MR) is 179 cm³/mol. The zero-order valence-corrected chi connectivity index (χ0v) is 27.6. The van der Waals surface area contributed by atoms with Crippen LogP contribution >= 0.6 is 23.2 Å². The lowest BCUT2D eigenvalue weighted by Crippen LogP contribution is -2.56. The Morgan fingerprint density at radius 2 is 1.72 bits per heavy atom. The predicted octanol–water partition coefficient (Wildman–Crippen LogP) is 8.51. The summed E-state index contributed by atoms with van der Waals surface area (Å²) in [6.45, 7) is 7.08. The Bertz CT molecular complexity index is 1380. The van der Waals surface area contributed by atoms with E-state index in [1.807, 2.05) is 89.2 Å². The first-order chi connectivity index (χ1) is 20.6. The van der Waals surface area contributed by atoms with Gasteiger partial charge in [-0.25, -0.2) is 8.51 Å². The second-order valence-corrected chi connectivity index (χ2v) is 13.9. The number of piperidine rings is 1. The molecule has 5 rings (SSSR count). The molecule has 3 aromatic rings. The standard InChI is InChI=1S/C29H37ClN2O3S.C6H5Cl/c1-5-16-29(2)17-15-26(22-11-13-24(30)14-12-22)32(28(29)33)27(23-9-10-23)20-31(36(4)34)19-21-7-6-8-25(18-21)35-3;7-6-4-2-1-3-5-6/h5-8,11-14,18,23,26-27H,1,9-10,15-17,19-20H2,2-4H3;1-5H/t26-,27?,29-,36?;/m0./s1. The number of carbonyl (C=O) groups is 1. The molecule has 1 saturated heterocycles. The molecular weight excluding hydrogens is 599 g/mol. The second kappa shape index (κ2) is 15.4. The SMILES string of the molecule is C=CC[C@@]1(C)CC[C@@H](c2ccc(Cl)cc2)N(C(CN(Cc2cccc(OC)c2)S(C)=O)C2CC2)C1=O.Clc1ccccc1. The van der Waals surface area contributed by atoms with E-state index in [9.17, 15) is 9.00 Å². The molecule has 8 heteroatoms. The minimum absolute atomic E-state index is 0.0165. The number of halogens is 2. The number of nitrogens with zero attached hydrogens (tertiary/aromatic N) is 2. The van der Waals surface area contributed by atoms with Crippen LogP contribution in [-0.2, 0) is 22.3 Å². The highest BCUT2D eigenvalue weighted by Crippen LogP contribution is 2.48. The number of likely N-dealkylation sites (tertiary alicyclic amines) is 1. The molecule has 4 atom stereocenters. The number of hydrogen-bond donors (Lipinski definition) is 0. The second-order valence-electron chi connectivity index (χ2n) is 11.7. The topological polar surface area (TPSA) is 49.9 Å². The van der Waals surface area contributed by atoms with Crippen LogP contribution in [0, 0.1) is 11.3 Å². The summed E-state index contributed by atoms with van der Waals surface area (Å²) in [5, 5.41) is 1.48. The summed E-state index contributed by atoms with van der Waals surface area (Å²) in [7, 11) is 0.452. The van der Waals surface area contributed by atoms with Crippen LogP contribution in [0.2, 0.25) is 10.0 Å². The maximum absolute atomic E-state index is 14.2. The molecule has 1 aliphatic heterocycles. The largest absolute Gasteiger partial charge is 0.497 e. The van der Waals surface area contributed by atoms with Gasteiger partial charge < -0.3 is 9.64 Å². The average Bonchev–Trinajstić information content (AvgIpc) is 3.84. The molecule has 3 aromatic carbocycles. The van der Waals surface area contributed by atoms with Gasteiger partial charge in [-0.15, -0.1) is 6.58 Å². The molecule has 230 valence electrons. The van der Waals surface area contributed by atoms with E-state index < -0.39 is 16.4 Å². The summed E-state index contributed by atoms with van der Waals surface area (Å²) in [5.41, 5.74) is 1.67. The highest BCUT2D eigenvalue weighted by atomic mass is 35.5. The minimum Gasteiger partial charge on any atom is -0.497 e. The Morgan fingerprint density at radius 3 is 2.28 bits per heavy atom. The van der Waals surface area contributed by atoms with Crippen LogP contribution in [0.3, 0.4) is 0 Å². The monoisotopic (exact) mass is 640 g/mol. The zero-order valence-electron chi connectivity index (χ0n) is 25.3. The first-order valence-corrected chi connectivity index (χ1v) is 17.0. The summed E-state index contributed by atoms with van der Waals surface area (Å²) in [4.78, 5) is 16.3. The zero-order chi connectivity index (χ0) is 31.0. The number of rotatable bonds is 11. The van der Waals surface area contributed by atoms with E-state index in [4.69, 9.17) is 27.9 Å². The Kier molecular flexibility index (Phi) is 11.9. The molecule has 0 spiro atoms. The third-order valence-corrected chi connectivity index (χ3v) is 9.92. The van der Waals surface area contributed by atoms with Crippen molar-refractivity contribution in [3.8, 4) is 5.75 Å². The fourth-order valence-electron chi connectivity index (χ4n) is 5.86. The maximum atomic E-state index is 14.2. The molecule has 0 radical (unpaired) electrons. The van der Waals surface area contributed by atoms with Gasteiger partial charge in [-0.1, -0.05) is 78.7 Å². The summed E-state index contributed by atoms with van der Waals surface area (Å²) >= 11 is 11.7. The van der Waals surface area contributed by atoms with Gasteiger partial charge in [0.15, 0.2) is 0 Å². The lowest BCUT2D eigenvalue weighted by Gasteiger charge is -2.49. The Balaban J connectivity index is 0.000000530. The van der Waals surface area contributed by atoms with Crippen LogP contribution in [0.25, 0.3) is 0 Å². The first-order valence-electron chi connectivity index (χ1n) is 14.8. The Labute approximate surface area is 269 Å². The molecule has 2 fully saturated rings. The van der Waals surface area contributed by atoms with E-state index >= 15 is 0 Å². The van der Waals surface area contributed by atoms with Gasteiger partial charge >= 0.3 is 0 Å². The minimum atomic E-state index is -1.20. The molecule has 1 saturated carbocycles. The average molecular weight is 642 g/mol. The molecule has 0 aromatic heterocycles. The first kappa shape index (κ1) is 33.3. The molecule has 0 N–H and O–H groups in total. The molecule has 0 bridgehead atoms. The molecule has 1 amide bonds. The Hall–Kier alpha value is -2.64. The van der Waals surface area contributed by atoms with Gasteiger partial charge in [0.1, 0.15) is 5.75 Å². The van der Waals surface area contributed by atoms with E-state index in [1.54, 1.807) is 13.4 Å². The number of hydrogen-bond acceptors (Lipinski definition) is 3. The van der Waals surface area contributed by atoms with Gasteiger partial charge in [-0.2, -0.15) is 0 Å². The number of benzene rings is 3. The molecule has 2 aliphatic rings. The van der Waals surface area contributed by atoms with Gasteiger partial charge in [0, 0.05) is 35.4 Å². The summed E-state index contributed by atoms with van der Waals surface area (Å²) in [6, 6.07) is 25.2. The van der Waals surface area contributed by atoms with Gasteiger partial charge in [0.2, 0.25) is 5.91 Å². The van der Waals surface area contributed by atoms with Crippen molar-refractivity contribution in [2.45, 2.75) is 57.7 Å². The third kappa shape index (κ3) is 8.95. The molecule has 1 aliphatic carbocycles. The van der Waals surface area contributed by atoms with Crippen molar-refractivity contribution in [2.75, 3.05) is 19.9 Å². The smallest absolute Gasteiger partial charge is 0.229 e. The van der Waals surface area contributed by atoms with E-state index in [-0.39, 0.29) is 18.0 Å². The van der Waals surface area contributed by atoms with Crippen molar-refractivity contribution in [2.24, 2.45) is 11.3 Å². The molecule has 2 unspecified atom stereocenters. The molecule has 1 heterocycles. The van der Waals surface area contributed by atoms with Crippen molar-refractivity contribution >= 4 is 40.1 Å². The Morgan fingerprint density at radius 1 is 1.05 bits per heavy atom. The van der Waals surface area contributed by atoms with Crippen molar-refractivity contribution in [3.63, 3.8) is 0 Å². The van der Waals surface area contributed by atoms with E-state index in [0.717, 1.165) is 47.6 Å². The summed E-state index contributed by atoms with van der Waals surface area (Å²) in [5.74, 6) is 1.36. The summed E-state index contributed by atoms with van der Waals surface area (Å²) in [6.07, 6.45) is 8.10. The van der Waals surface area contributed by atoms with E-state index in [2.05, 4.69) is 18.4 Å². The molecule has 43 heavy (non-hydrogen) atoms. The van der Waals surface area contributed by atoms with E-state index in [0.29, 0.717) is 30.5 Å². The van der Waals surface area contributed by atoms with Gasteiger partial charge in [-0.3, -0.25) is 4.79 Å².